The van der Waals surface area contributed by atoms with Crippen molar-refractivity contribution in [3.63, 3.8) is 0 Å². The Hall–Kier alpha value is -1.95. The van der Waals surface area contributed by atoms with Gasteiger partial charge in [0.1, 0.15) is 5.75 Å². The van der Waals surface area contributed by atoms with E-state index in [1.165, 1.54) is 12.1 Å². The number of carbonyl (C=O) groups is 1. The molecule has 0 radical (unpaired) electrons. The molecule has 0 aromatic heterocycles. The first kappa shape index (κ1) is 16.1. The summed E-state index contributed by atoms with van der Waals surface area (Å²) in [6.07, 6.45) is 1.93. The third-order valence-electron chi connectivity index (χ3n) is 2.70. The van der Waals surface area contributed by atoms with Gasteiger partial charge in [-0.3, -0.25) is 4.79 Å². The zero-order valence-corrected chi connectivity index (χ0v) is 11.2. The summed E-state index contributed by atoms with van der Waals surface area (Å²) < 4.78 is 28.6. The van der Waals surface area contributed by atoms with Gasteiger partial charge in [-0.25, -0.2) is 0 Å². The Labute approximate surface area is 116 Å². The molecule has 0 bridgehead atoms. The standard InChI is InChI=1S/C14H18F2N2O2/c1-3-5-12(17)13(19)18-9(2)10-6-4-7-11(8-10)20-14(15)16/h3-4,6-9,12,14H,1,5,17H2,2H3,(H,18,19). The highest BCUT2D eigenvalue weighted by atomic mass is 19.3. The van der Waals surface area contributed by atoms with Crippen LogP contribution in [0.15, 0.2) is 36.9 Å². The molecule has 1 aromatic carbocycles. The van der Waals surface area contributed by atoms with Crippen LogP contribution in [0.1, 0.15) is 24.9 Å². The molecular weight excluding hydrogens is 266 g/mol. The van der Waals surface area contributed by atoms with Gasteiger partial charge < -0.3 is 15.8 Å². The molecule has 1 rings (SSSR count). The van der Waals surface area contributed by atoms with E-state index in [1.54, 1.807) is 25.1 Å². The number of carbonyl (C=O) groups excluding carboxylic acids is 1. The lowest BCUT2D eigenvalue weighted by atomic mass is 10.1. The first-order valence-electron chi connectivity index (χ1n) is 6.15. The van der Waals surface area contributed by atoms with E-state index in [0.717, 1.165) is 0 Å². The van der Waals surface area contributed by atoms with Crippen molar-refractivity contribution in [1.29, 1.82) is 0 Å². The minimum atomic E-state index is -2.88. The summed E-state index contributed by atoms with van der Waals surface area (Å²) in [6.45, 7) is 2.37. The molecule has 2 unspecified atom stereocenters. The molecule has 6 heteroatoms. The maximum atomic E-state index is 12.1. The molecule has 0 aliphatic carbocycles. The predicted octanol–water partition coefficient (Wildman–Crippen LogP) is 2.37. The van der Waals surface area contributed by atoms with Crippen LogP contribution in [0.4, 0.5) is 8.78 Å². The SMILES string of the molecule is C=CCC(N)C(=O)NC(C)c1cccc(OC(F)F)c1. The van der Waals surface area contributed by atoms with Gasteiger partial charge in [0.15, 0.2) is 0 Å². The summed E-state index contributed by atoms with van der Waals surface area (Å²) in [5.41, 5.74) is 6.30. The van der Waals surface area contributed by atoms with Crippen molar-refractivity contribution in [2.75, 3.05) is 0 Å². The number of amides is 1. The summed E-state index contributed by atoms with van der Waals surface area (Å²) in [4.78, 5) is 11.7. The van der Waals surface area contributed by atoms with Crippen LogP contribution in [0.25, 0.3) is 0 Å². The van der Waals surface area contributed by atoms with E-state index in [0.29, 0.717) is 12.0 Å². The molecule has 4 nitrogen and oxygen atoms in total. The molecule has 0 aliphatic heterocycles. The van der Waals surface area contributed by atoms with Crippen molar-refractivity contribution in [3.8, 4) is 5.75 Å². The van der Waals surface area contributed by atoms with Gasteiger partial charge in [-0.2, -0.15) is 8.78 Å². The van der Waals surface area contributed by atoms with Crippen molar-refractivity contribution < 1.29 is 18.3 Å². The Bertz CT molecular complexity index is 466. The van der Waals surface area contributed by atoms with Crippen LogP contribution in [0.5, 0.6) is 5.75 Å². The number of hydrogen-bond donors (Lipinski definition) is 2. The number of halogens is 2. The maximum absolute atomic E-state index is 12.1. The Morgan fingerprint density at radius 1 is 1.55 bits per heavy atom. The quantitative estimate of drug-likeness (QED) is 0.755. The zero-order chi connectivity index (χ0) is 15.1. The van der Waals surface area contributed by atoms with E-state index in [1.807, 2.05) is 0 Å². The molecule has 0 fully saturated rings. The van der Waals surface area contributed by atoms with Gasteiger partial charge in [0.25, 0.3) is 0 Å². The lowest BCUT2D eigenvalue weighted by Crippen LogP contribution is -2.41. The van der Waals surface area contributed by atoms with E-state index >= 15 is 0 Å². The van der Waals surface area contributed by atoms with E-state index < -0.39 is 12.7 Å². The van der Waals surface area contributed by atoms with Crippen molar-refractivity contribution >= 4 is 5.91 Å². The average Bonchev–Trinajstić information content (AvgIpc) is 2.38. The highest BCUT2D eigenvalue weighted by Gasteiger charge is 2.16. The van der Waals surface area contributed by atoms with Gasteiger partial charge in [0.05, 0.1) is 12.1 Å². The summed E-state index contributed by atoms with van der Waals surface area (Å²) in [5.74, 6) is -0.272. The van der Waals surface area contributed by atoms with E-state index in [9.17, 15) is 13.6 Å². The average molecular weight is 284 g/mol. The Kier molecular flexibility index (Phi) is 6.11. The number of alkyl halides is 2. The number of nitrogens with two attached hydrogens (primary N) is 1. The molecule has 1 amide bonds. The Morgan fingerprint density at radius 2 is 2.25 bits per heavy atom. The van der Waals surface area contributed by atoms with Gasteiger partial charge in [0.2, 0.25) is 5.91 Å². The first-order valence-corrected chi connectivity index (χ1v) is 6.15. The lowest BCUT2D eigenvalue weighted by Gasteiger charge is -2.18. The van der Waals surface area contributed by atoms with Crippen LogP contribution in [0, 0.1) is 0 Å². The lowest BCUT2D eigenvalue weighted by molar-refractivity contribution is -0.122. The van der Waals surface area contributed by atoms with Crippen LogP contribution in [-0.2, 0) is 4.79 Å². The third kappa shape index (κ3) is 4.97. The second kappa shape index (κ2) is 7.59. The van der Waals surface area contributed by atoms with Crippen molar-refractivity contribution in [1.82, 2.24) is 5.32 Å². The van der Waals surface area contributed by atoms with Gasteiger partial charge >= 0.3 is 6.61 Å². The molecular formula is C14H18F2N2O2. The number of rotatable bonds is 7. The first-order chi connectivity index (χ1) is 9.43. The van der Waals surface area contributed by atoms with Gasteiger partial charge in [-0.05, 0) is 31.0 Å². The normalized spacial score (nSPS) is 13.7. The molecule has 3 N–H and O–H groups in total. The fourth-order valence-corrected chi connectivity index (χ4v) is 1.65. The summed E-state index contributed by atoms with van der Waals surface area (Å²) in [6, 6.07) is 5.14. The molecule has 1 aromatic rings. The molecule has 0 heterocycles. The fraction of sp³-hybridized carbons (Fsp3) is 0.357. The number of ether oxygens (including phenoxy) is 1. The Morgan fingerprint density at radius 3 is 2.85 bits per heavy atom. The topological polar surface area (TPSA) is 64.4 Å². The van der Waals surface area contributed by atoms with Crippen LogP contribution >= 0.6 is 0 Å². The highest BCUT2D eigenvalue weighted by Crippen LogP contribution is 2.20. The van der Waals surface area contributed by atoms with E-state index in [4.69, 9.17) is 5.73 Å². The van der Waals surface area contributed by atoms with Crippen molar-refractivity contribution in [3.05, 3.63) is 42.5 Å². The number of benzene rings is 1. The molecule has 0 spiro atoms. The van der Waals surface area contributed by atoms with Gasteiger partial charge in [-0.1, -0.05) is 18.2 Å². The molecule has 0 saturated heterocycles. The van der Waals surface area contributed by atoms with Crippen LogP contribution in [0.2, 0.25) is 0 Å². The minimum Gasteiger partial charge on any atom is -0.435 e. The van der Waals surface area contributed by atoms with Gasteiger partial charge in [-0.15, -0.1) is 6.58 Å². The summed E-state index contributed by atoms with van der Waals surface area (Å²) in [7, 11) is 0. The van der Waals surface area contributed by atoms with E-state index in [-0.39, 0.29) is 17.7 Å². The minimum absolute atomic E-state index is 0.0500. The number of hydrogen-bond acceptors (Lipinski definition) is 3. The molecule has 2 atom stereocenters. The molecule has 0 saturated carbocycles. The van der Waals surface area contributed by atoms with Crippen LogP contribution in [-0.4, -0.2) is 18.6 Å². The highest BCUT2D eigenvalue weighted by molar-refractivity contribution is 5.82. The molecule has 20 heavy (non-hydrogen) atoms. The second-order valence-corrected chi connectivity index (χ2v) is 4.31. The Balaban J connectivity index is 2.69. The third-order valence-corrected chi connectivity index (χ3v) is 2.70. The zero-order valence-electron chi connectivity index (χ0n) is 11.2. The molecule has 0 aliphatic rings. The molecule has 110 valence electrons. The second-order valence-electron chi connectivity index (χ2n) is 4.31. The largest absolute Gasteiger partial charge is 0.435 e. The maximum Gasteiger partial charge on any atom is 0.387 e. The van der Waals surface area contributed by atoms with Crippen LogP contribution < -0.4 is 15.8 Å². The van der Waals surface area contributed by atoms with Gasteiger partial charge in [0, 0.05) is 0 Å². The summed E-state index contributed by atoms with van der Waals surface area (Å²) >= 11 is 0. The van der Waals surface area contributed by atoms with E-state index in [2.05, 4.69) is 16.6 Å². The summed E-state index contributed by atoms with van der Waals surface area (Å²) in [5, 5.41) is 2.71. The monoisotopic (exact) mass is 284 g/mol. The number of nitrogens with one attached hydrogen (secondary N) is 1. The fourth-order valence-electron chi connectivity index (χ4n) is 1.65. The van der Waals surface area contributed by atoms with Crippen molar-refractivity contribution in [2.24, 2.45) is 5.73 Å². The smallest absolute Gasteiger partial charge is 0.387 e. The predicted molar refractivity (Wildman–Crippen MR) is 72.4 cm³/mol. The van der Waals surface area contributed by atoms with Crippen molar-refractivity contribution in [2.45, 2.75) is 32.0 Å². The van der Waals surface area contributed by atoms with Crippen LogP contribution in [0.3, 0.4) is 0 Å².